The van der Waals surface area contributed by atoms with Crippen molar-refractivity contribution in [3.8, 4) is 5.75 Å². The number of fused-ring (bicyclic) bond motifs is 1. The number of Topliss-reactive ketones (excluding diaryl/α,β-unsaturated/α-hetero) is 1. The van der Waals surface area contributed by atoms with E-state index in [4.69, 9.17) is 4.74 Å². The number of carbonyl (C=O) groups is 1. The molecule has 0 radical (unpaired) electrons. The molecule has 0 N–H and O–H groups in total. The van der Waals surface area contributed by atoms with E-state index in [0.717, 1.165) is 36.6 Å². The fourth-order valence-electron chi connectivity index (χ4n) is 5.42. The van der Waals surface area contributed by atoms with Crippen LogP contribution in [0.1, 0.15) is 92.6 Å². The fourth-order valence-corrected chi connectivity index (χ4v) is 6.29. The van der Waals surface area contributed by atoms with E-state index in [2.05, 4.69) is 16.4 Å². The minimum Gasteiger partial charge on any atom is -0.487 e. The van der Waals surface area contributed by atoms with Crippen molar-refractivity contribution < 1.29 is 39.8 Å². The molecule has 0 unspecified atom stereocenters. The Bertz CT molecular complexity index is 1830. The number of nitrogens with zero attached hydrogens (tertiary/aromatic N) is 1. The lowest BCUT2D eigenvalue weighted by molar-refractivity contribution is 0.106. The average molecular weight is 686 g/mol. The molecule has 0 spiro atoms. The van der Waals surface area contributed by atoms with Crippen molar-refractivity contribution >= 4 is 32.4 Å². The molecule has 0 aliphatic heterocycles. The molecule has 48 heavy (non-hydrogen) atoms. The molecule has 0 aliphatic rings. The van der Waals surface area contributed by atoms with E-state index in [1.165, 1.54) is 43.9 Å². The summed E-state index contributed by atoms with van der Waals surface area (Å²) in [6.07, 6.45) is 9.95. The zero-order valence-corrected chi connectivity index (χ0v) is 27.9. The van der Waals surface area contributed by atoms with Gasteiger partial charge in [-0.1, -0.05) is 137 Å². The first-order valence-corrected chi connectivity index (χ1v) is 17.6. The number of carbonyl (C=O) groups excluding carboxylic acids is 1. The van der Waals surface area contributed by atoms with Gasteiger partial charge in [-0.05, 0) is 29.7 Å². The molecule has 11 heteroatoms. The average Bonchev–Trinajstić information content (AvgIpc) is 3.08. The van der Waals surface area contributed by atoms with Gasteiger partial charge in [0.15, 0.2) is 28.0 Å². The molecule has 4 aromatic carbocycles. The molecular formula is C37H39F4NO5S. The largest absolute Gasteiger partial charge is 0.487 e. The van der Waals surface area contributed by atoms with E-state index < -0.39 is 55.5 Å². The van der Waals surface area contributed by atoms with E-state index in [0.29, 0.717) is 18.2 Å². The van der Waals surface area contributed by atoms with E-state index in [9.17, 15) is 22.0 Å². The summed E-state index contributed by atoms with van der Waals surface area (Å²) in [5.41, 5.74) is 0.631. The normalized spacial score (nSPS) is 12.0. The standard InChI is InChI=1S/C37H39F4NO5S/c1-3-4-5-6-7-8-9-10-11-17-24-46-36-30(38)32(40)37(33(41)31(36)39)48(44,45)47-42-34(26-18-13-12-14-19-26)35(43)29-23-22-25(2)27-20-15-16-21-28(27)29/h12-16,18-23H,3-11,17,24H2,1-2H3/b42-34+. The minimum absolute atomic E-state index is 0.122. The van der Waals surface area contributed by atoms with Crippen molar-refractivity contribution in [3.63, 3.8) is 0 Å². The molecule has 4 aromatic rings. The smallest absolute Gasteiger partial charge is 0.364 e. The van der Waals surface area contributed by atoms with Gasteiger partial charge in [0.1, 0.15) is 0 Å². The summed E-state index contributed by atoms with van der Waals surface area (Å²) in [6.45, 7) is 3.78. The van der Waals surface area contributed by atoms with Gasteiger partial charge in [0.05, 0.1) is 6.61 Å². The lowest BCUT2D eigenvalue weighted by Crippen LogP contribution is -2.19. The van der Waals surface area contributed by atoms with Gasteiger partial charge in [-0.3, -0.25) is 9.08 Å². The summed E-state index contributed by atoms with van der Waals surface area (Å²) >= 11 is 0. The summed E-state index contributed by atoms with van der Waals surface area (Å²) in [6, 6.07) is 17.9. The van der Waals surface area contributed by atoms with Crippen LogP contribution in [0, 0.1) is 30.2 Å². The van der Waals surface area contributed by atoms with Crippen molar-refractivity contribution in [1.82, 2.24) is 0 Å². The number of oxime groups is 1. The number of unbranched alkanes of at least 4 members (excludes halogenated alkanes) is 9. The lowest BCUT2D eigenvalue weighted by Gasteiger charge is -2.13. The molecule has 0 atom stereocenters. The monoisotopic (exact) mass is 685 g/mol. The van der Waals surface area contributed by atoms with Gasteiger partial charge in [-0.2, -0.15) is 17.2 Å². The molecule has 0 saturated carbocycles. The van der Waals surface area contributed by atoms with Gasteiger partial charge in [0.25, 0.3) is 0 Å². The van der Waals surface area contributed by atoms with E-state index in [1.54, 1.807) is 48.5 Å². The van der Waals surface area contributed by atoms with Crippen molar-refractivity contribution in [2.45, 2.75) is 83.0 Å². The molecule has 256 valence electrons. The van der Waals surface area contributed by atoms with E-state index >= 15 is 8.78 Å². The Morgan fingerprint density at radius 3 is 1.83 bits per heavy atom. The predicted molar refractivity (Wildman–Crippen MR) is 178 cm³/mol. The summed E-state index contributed by atoms with van der Waals surface area (Å²) in [4.78, 5) is 11.7. The van der Waals surface area contributed by atoms with Crippen LogP contribution in [0.5, 0.6) is 5.75 Å². The molecular weight excluding hydrogens is 646 g/mol. The van der Waals surface area contributed by atoms with Crippen LogP contribution in [0.25, 0.3) is 10.8 Å². The van der Waals surface area contributed by atoms with Crippen LogP contribution in [-0.2, 0) is 14.4 Å². The molecule has 6 nitrogen and oxygen atoms in total. The van der Waals surface area contributed by atoms with Crippen molar-refractivity contribution in [1.29, 1.82) is 0 Å². The van der Waals surface area contributed by atoms with Crippen LogP contribution in [0.4, 0.5) is 17.6 Å². The number of ketones is 1. The maximum absolute atomic E-state index is 15.1. The molecule has 0 bridgehead atoms. The summed E-state index contributed by atoms with van der Waals surface area (Å²) in [5.74, 6) is -10.7. The van der Waals surface area contributed by atoms with E-state index in [-0.39, 0.29) is 17.7 Å². The third kappa shape index (κ3) is 8.80. The second-order valence-corrected chi connectivity index (χ2v) is 13.0. The van der Waals surface area contributed by atoms with Crippen LogP contribution in [-0.4, -0.2) is 26.5 Å². The molecule has 0 fully saturated rings. The van der Waals surface area contributed by atoms with Crippen LogP contribution in [0.2, 0.25) is 0 Å². The molecule has 0 heterocycles. The van der Waals surface area contributed by atoms with Crippen molar-refractivity contribution in [2.24, 2.45) is 5.16 Å². The molecule has 0 aliphatic carbocycles. The number of halogens is 4. The quantitative estimate of drug-likeness (QED) is 0.0260. The second kappa shape index (κ2) is 17.2. The number of ether oxygens (including phenoxy) is 1. The highest BCUT2D eigenvalue weighted by molar-refractivity contribution is 7.86. The highest BCUT2D eigenvalue weighted by atomic mass is 32.2. The molecule has 0 aromatic heterocycles. The molecule has 0 amide bonds. The number of hydrogen-bond donors (Lipinski definition) is 0. The second-order valence-electron chi connectivity index (χ2n) is 11.6. The number of aryl methyl sites for hydroxylation is 1. The Hall–Kier alpha value is -4.25. The van der Waals surface area contributed by atoms with Crippen LogP contribution >= 0.6 is 0 Å². The Kier molecular flexibility index (Phi) is 13.1. The maximum atomic E-state index is 15.1. The van der Waals surface area contributed by atoms with Crippen LogP contribution in [0.3, 0.4) is 0 Å². The summed E-state index contributed by atoms with van der Waals surface area (Å²) < 4.78 is 95.6. The van der Waals surface area contributed by atoms with Gasteiger partial charge >= 0.3 is 10.1 Å². The van der Waals surface area contributed by atoms with Gasteiger partial charge in [0.2, 0.25) is 17.4 Å². The first kappa shape index (κ1) is 36.6. The third-order valence-electron chi connectivity index (χ3n) is 8.05. The summed E-state index contributed by atoms with van der Waals surface area (Å²) in [7, 11) is -5.62. The van der Waals surface area contributed by atoms with E-state index in [1.807, 2.05) is 6.92 Å². The Balaban J connectivity index is 1.52. The fraction of sp³-hybridized carbons (Fsp3) is 0.351. The van der Waals surface area contributed by atoms with Crippen molar-refractivity contribution in [2.75, 3.05) is 6.61 Å². The van der Waals surface area contributed by atoms with Gasteiger partial charge in [-0.15, -0.1) is 0 Å². The van der Waals surface area contributed by atoms with Gasteiger partial charge in [0, 0.05) is 11.1 Å². The Morgan fingerprint density at radius 2 is 1.23 bits per heavy atom. The van der Waals surface area contributed by atoms with Gasteiger partial charge < -0.3 is 4.74 Å². The molecule has 0 saturated heterocycles. The first-order chi connectivity index (χ1) is 23.1. The zero-order chi connectivity index (χ0) is 34.7. The Morgan fingerprint density at radius 1 is 0.688 bits per heavy atom. The topological polar surface area (TPSA) is 82.0 Å². The Labute approximate surface area is 278 Å². The lowest BCUT2D eigenvalue weighted by atomic mass is 9.94. The SMILES string of the molecule is CCCCCCCCCCCCOc1c(F)c(F)c(S(=O)(=O)O/N=C(/C(=O)c2ccc(C)c3ccccc23)c2ccccc2)c(F)c1F. The summed E-state index contributed by atoms with van der Waals surface area (Å²) in [5, 5.41) is 4.80. The zero-order valence-electron chi connectivity index (χ0n) is 27.0. The van der Waals surface area contributed by atoms with Crippen LogP contribution in [0.15, 0.2) is 76.8 Å². The van der Waals surface area contributed by atoms with Gasteiger partial charge in [-0.25, -0.2) is 8.78 Å². The maximum Gasteiger partial charge on any atom is 0.364 e. The number of hydrogen-bond acceptors (Lipinski definition) is 6. The van der Waals surface area contributed by atoms with Crippen molar-refractivity contribution in [3.05, 3.63) is 107 Å². The minimum atomic E-state index is -5.62. The highest BCUT2D eigenvalue weighted by Crippen LogP contribution is 2.34. The number of benzene rings is 4. The first-order valence-electron chi connectivity index (χ1n) is 16.2. The van der Waals surface area contributed by atoms with Crippen LogP contribution < -0.4 is 4.74 Å². The highest BCUT2D eigenvalue weighted by Gasteiger charge is 2.36. The predicted octanol–water partition coefficient (Wildman–Crippen LogP) is 10.00. The third-order valence-corrected chi connectivity index (χ3v) is 9.18. The molecule has 4 rings (SSSR count). The number of rotatable bonds is 18.